The lowest BCUT2D eigenvalue weighted by Crippen LogP contribution is -2.50. The van der Waals surface area contributed by atoms with Crippen LogP contribution in [0.5, 0.6) is 5.75 Å². The lowest BCUT2D eigenvalue weighted by molar-refractivity contribution is -0.0746. The van der Waals surface area contributed by atoms with Crippen molar-refractivity contribution < 1.29 is 19.4 Å². The van der Waals surface area contributed by atoms with E-state index in [1.54, 1.807) is 7.11 Å². The maximum absolute atomic E-state index is 11.7. The maximum atomic E-state index is 11.7. The number of anilines is 1. The molecule has 5 rings (SSSR count). The number of fused-ring (bicyclic) bond motifs is 1. The molecule has 1 aromatic carbocycles. The second-order valence-corrected chi connectivity index (χ2v) is 9.72. The van der Waals surface area contributed by atoms with Gasteiger partial charge in [0, 0.05) is 23.8 Å². The van der Waals surface area contributed by atoms with Crippen molar-refractivity contribution in [3.8, 4) is 17.1 Å². The molecule has 0 spiro atoms. The Bertz CT molecular complexity index is 1200. The molecule has 1 amide bonds. The summed E-state index contributed by atoms with van der Waals surface area (Å²) >= 11 is 0. The number of benzene rings is 1. The van der Waals surface area contributed by atoms with E-state index >= 15 is 0 Å². The Morgan fingerprint density at radius 1 is 1.14 bits per heavy atom. The molecule has 0 saturated carbocycles. The molecule has 2 fully saturated rings. The summed E-state index contributed by atoms with van der Waals surface area (Å²) in [5.41, 5.74) is 2.56. The third kappa shape index (κ3) is 4.40. The zero-order valence-electron chi connectivity index (χ0n) is 20.7. The predicted octanol–water partition coefficient (Wildman–Crippen LogP) is 4.25. The topological polar surface area (TPSA) is 93.0 Å². The van der Waals surface area contributed by atoms with Crippen LogP contribution in [0.2, 0.25) is 0 Å². The number of carboxylic acid groups (broad SMARTS) is 1. The van der Waals surface area contributed by atoms with E-state index in [0.717, 1.165) is 28.2 Å². The van der Waals surface area contributed by atoms with Gasteiger partial charge in [0.25, 0.3) is 0 Å². The average molecular weight is 480 g/mol. The molecule has 1 N–H and O–H groups in total. The van der Waals surface area contributed by atoms with Crippen molar-refractivity contribution in [2.45, 2.75) is 64.4 Å². The van der Waals surface area contributed by atoms with Gasteiger partial charge in [-0.1, -0.05) is 6.07 Å². The van der Waals surface area contributed by atoms with Crippen LogP contribution in [0.4, 0.5) is 10.6 Å². The van der Waals surface area contributed by atoms with Gasteiger partial charge in [0.1, 0.15) is 22.9 Å². The average Bonchev–Trinajstić information content (AvgIpc) is 3.38. The summed E-state index contributed by atoms with van der Waals surface area (Å²) in [6, 6.07) is 10.9. The SMILES string of the molecule is COc1cccc2nc(-c3ccc(N4[C@@H](C)CC[C@@H]4C)nc3)n(C[C@@H]3CN(C(=O)O)C[C@H](C)O3)c12. The Morgan fingerprint density at radius 3 is 2.57 bits per heavy atom. The summed E-state index contributed by atoms with van der Waals surface area (Å²) in [5, 5.41) is 9.56. The van der Waals surface area contributed by atoms with Gasteiger partial charge in [-0.15, -0.1) is 0 Å². The van der Waals surface area contributed by atoms with Crippen molar-refractivity contribution >= 4 is 22.9 Å². The molecular weight excluding hydrogens is 446 g/mol. The first-order chi connectivity index (χ1) is 16.9. The van der Waals surface area contributed by atoms with Gasteiger partial charge < -0.3 is 28.9 Å². The fraction of sp³-hybridized carbons (Fsp3) is 0.500. The molecule has 9 nitrogen and oxygen atoms in total. The number of aromatic nitrogens is 3. The van der Waals surface area contributed by atoms with Crippen LogP contribution in [0.15, 0.2) is 36.5 Å². The van der Waals surface area contributed by atoms with Gasteiger partial charge in [-0.25, -0.2) is 14.8 Å². The molecule has 2 aliphatic rings. The van der Waals surface area contributed by atoms with E-state index in [4.69, 9.17) is 19.4 Å². The number of ether oxygens (including phenoxy) is 2. The number of morpholine rings is 1. The maximum Gasteiger partial charge on any atom is 0.407 e. The molecule has 35 heavy (non-hydrogen) atoms. The minimum atomic E-state index is -0.927. The number of amides is 1. The summed E-state index contributed by atoms with van der Waals surface area (Å²) in [6.45, 7) is 7.51. The highest BCUT2D eigenvalue weighted by Gasteiger charge is 2.31. The number of pyridine rings is 1. The molecular formula is C26H33N5O4. The zero-order chi connectivity index (χ0) is 24.7. The quantitative estimate of drug-likeness (QED) is 0.585. The highest BCUT2D eigenvalue weighted by molar-refractivity contribution is 5.86. The third-order valence-electron chi connectivity index (χ3n) is 7.16. The van der Waals surface area contributed by atoms with Gasteiger partial charge >= 0.3 is 6.09 Å². The first-order valence-corrected chi connectivity index (χ1v) is 12.3. The molecule has 4 heterocycles. The number of methoxy groups -OCH3 is 1. The van der Waals surface area contributed by atoms with E-state index in [0.29, 0.717) is 37.5 Å². The van der Waals surface area contributed by atoms with Crippen LogP contribution in [0, 0.1) is 0 Å². The number of para-hydroxylation sites is 1. The number of hydrogen-bond acceptors (Lipinski definition) is 6. The van der Waals surface area contributed by atoms with Gasteiger partial charge in [-0.05, 0) is 57.9 Å². The standard InChI is InChI=1S/C26H33N5O4/c1-16-8-9-17(2)31(16)23-11-10-19(12-27-23)25-28-21-6-5-7-22(34-4)24(21)30(25)15-20-14-29(26(32)33)13-18(3)35-20/h5-7,10-12,16-18,20H,8-9,13-15H2,1-4H3,(H,32,33)/t16-,17-,18-,20-/m0/s1. The normalized spacial score (nSPS) is 24.8. The Labute approximate surface area is 205 Å². The van der Waals surface area contributed by atoms with Crippen LogP contribution >= 0.6 is 0 Å². The summed E-state index contributed by atoms with van der Waals surface area (Å²) in [6.07, 6.45) is 2.81. The number of rotatable bonds is 5. The van der Waals surface area contributed by atoms with Crippen LogP contribution in [0.25, 0.3) is 22.4 Å². The smallest absolute Gasteiger partial charge is 0.407 e. The highest BCUT2D eigenvalue weighted by Crippen LogP contribution is 2.34. The van der Waals surface area contributed by atoms with E-state index in [-0.39, 0.29) is 12.2 Å². The summed E-state index contributed by atoms with van der Waals surface area (Å²) < 4.78 is 13.9. The Hall–Kier alpha value is -3.33. The molecule has 0 unspecified atom stereocenters. The molecule has 186 valence electrons. The number of imidazole rings is 1. The van der Waals surface area contributed by atoms with Crippen LogP contribution in [-0.4, -0.2) is 75.1 Å². The molecule has 3 aromatic rings. The molecule has 2 saturated heterocycles. The van der Waals surface area contributed by atoms with E-state index in [1.165, 1.54) is 17.7 Å². The molecule has 2 aliphatic heterocycles. The van der Waals surface area contributed by atoms with Crippen molar-refractivity contribution in [1.29, 1.82) is 0 Å². The number of hydrogen-bond donors (Lipinski definition) is 1. The fourth-order valence-corrected chi connectivity index (χ4v) is 5.54. The summed E-state index contributed by atoms with van der Waals surface area (Å²) in [4.78, 5) is 25.2. The van der Waals surface area contributed by atoms with Crippen LogP contribution in [0.3, 0.4) is 0 Å². The molecule has 4 atom stereocenters. The summed E-state index contributed by atoms with van der Waals surface area (Å²) in [7, 11) is 1.64. The molecule has 9 heteroatoms. The second-order valence-electron chi connectivity index (χ2n) is 9.72. The summed E-state index contributed by atoms with van der Waals surface area (Å²) in [5.74, 6) is 2.45. The van der Waals surface area contributed by atoms with Gasteiger partial charge in [0.05, 0.1) is 44.5 Å². The predicted molar refractivity (Wildman–Crippen MR) is 134 cm³/mol. The molecule has 0 radical (unpaired) electrons. The monoisotopic (exact) mass is 479 g/mol. The zero-order valence-corrected chi connectivity index (χ0v) is 20.7. The Kier molecular flexibility index (Phi) is 6.27. The Morgan fingerprint density at radius 2 is 1.91 bits per heavy atom. The molecule has 2 aromatic heterocycles. The van der Waals surface area contributed by atoms with E-state index < -0.39 is 6.09 Å². The third-order valence-corrected chi connectivity index (χ3v) is 7.16. The molecule has 0 aliphatic carbocycles. The first kappa shape index (κ1) is 23.4. The van der Waals surface area contributed by atoms with E-state index in [2.05, 4.69) is 35.4 Å². The minimum Gasteiger partial charge on any atom is -0.494 e. The van der Waals surface area contributed by atoms with Crippen LogP contribution in [-0.2, 0) is 11.3 Å². The van der Waals surface area contributed by atoms with Gasteiger partial charge in [0.2, 0.25) is 0 Å². The van der Waals surface area contributed by atoms with Gasteiger partial charge in [0.15, 0.2) is 0 Å². The number of nitrogens with zero attached hydrogens (tertiary/aromatic N) is 5. The van der Waals surface area contributed by atoms with Crippen molar-refractivity contribution in [2.24, 2.45) is 0 Å². The first-order valence-electron chi connectivity index (χ1n) is 12.3. The van der Waals surface area contributed by atoms with Crippen molar-refractivity contribution in [3.05, 3.63) is 36.5 Å². The fourth-order valence-electron chi connectivity index (χ4n) is 5.54. The lowest BCUT2D eigenvalue weighted by Gasteiger charge is -2.35. The van der Waals surface area contributed by atoms with Gasteiger partial charge in [-0.3, -0.25) is 0 Å². The van der Waals surface area contributed by atoms with Crippen LogP contribution < -0.4 is 9.64 Å². The lowest BCUT2D eigenvalue weighted by atomic mass is 10.2. The second kappa shape index (κ2) is 9.37. The van der Waals surface area contributed by atoms with E-state index in [1.807, 2.05) is 31.3 Å². The minimum absolute atomic E-state index is 0.185. The van der Waals surface area contributed by atoms with E-state index in [9.17, 15) is 9.90 Å². The Balaban J connectivity index is 1.53. The van der Waals surface area contributed by atoms with Crippen molar-refractivity contribution in [2.75, 3.05) is 25.1 Å². The van der Waals surface area contributed by atoms with Crippen molar-refractivity contribution in [1.82, 2.24) is 19.4 Å². The highest BCUT2D eigenvalue weighted by atomic mass is 16.5. The van der Waals surface area contributed by atoms with Crippen molar-refractivity contribution in [3.63, 3.8) is 0 Å². The van der Waals surface area contributed by atoms with Gasteiger partial charge in [-0.2, -0.15) is 0 Å². The van der Waals surface area contributed by atoms with Crippen LogP contribution in [0.1, 0.15) is 33.6 Å². The molecule has 0 bridgehead atoms. The number of carbonyl (C=O) groups is 1. The largest absolute Gasteiger partial charge is 0.494 e.